The lowest BCUT2D eigenvalue weighted by Gasteiger charge is -2.27. The van der Waals surface area contributed by atoms with Crippen molar-refractivity contribution >= 4 is 23.7 Å². The number of nitrogens with zero attached hydrogens (tertiary/aromatic N) is 2. The molecule has 0 aliphatic carbocycles. The van der Waals surface area contributed by atoms with Gasteiger partial charge in [-0.05, 0) is 25.7 Å². The van der Waals surface area contributed by atoms with E-state index in [0.717, 1.165) is 0 Å². The minimum Gasteiger partial charge on any atom is -0.480 e. The second-order valence-electron chi connectivity index (χ2n) is 5.30. The largest absolute Gasteiger partial charge is 0.480 e. The molecule has 10 nitrogen and oxygen atoms in total. The highest BCUT2D eigenvalue weighted by molar-refractivity contribution is 5.91. The van der Waals surface area contributed by atoms with Crippen LogP contribution in [0.15, 0.2) is 4.99 Å². The smallest absolute Gasteiger partial charge is 0.326 e. The molecule has 23 heavy (non-hydrogen) atoms. The fourth-order valence-corrected chi connectivity index (χ4v) is 2.50. The van der Waals surface area contributed by atoms with Crippen LogP contribution in [0, 0.1) is 0 Å². The first-order valence-corrected chi connectivity index (χ1v) is 7.45. The molecule has 1 fully saturated rings. The number of aliphatic carboxylic acids is 1. The second-order valence-corrected chi connectivity index (χ2v) is 5.30. The van der Waals surface area contributed by atoms with Gasteiger partial charge >= 0.3 is 5.97 Å². The summed E-state index contributed by atoms with van der Waals surface area (Å²) in [7, 11) is 0. The maximum absolute atomic E-state index is 12.6. The predicted octanol–water partition coefficient (Wildman–Crippen LogP) is -2.44. The Morgan fingerprint density at radius 1 is 1.35 bits per heavy atom. The summed E-state index contributed by atoms with van der Waals surface area (Å²) in [6, 6.07) is -1.68. The second kappa shape index (κ2) is 8.93. The summed E-state index contributed by atoms with van der Waals surface area (Å²) in [4.78, 5) is 40.4. The van der Waals surface area contributed by atoms with Crippen molar-refractivity contribution in [3.63, 3.8) is 0 Å². The molecular weight excluding hydrogens is 304 g/mol. The Morgan fingerprint density at radius 3 is 2.61 bits per heavy atom. The molecule has 1 saturated heterocycles. The molecule has 0 bridgehead atoms. The lowest BCUT2D eigenvalue weighted by atomic mass is 10.1. The standard InChI is InChI=1S/C13H24N6O4/c14-7-10(20)18-8(3-1-5-17-13(15)16)11(21)19-6-2-4-9(19)12(22)23/h8-9H,1-7,14H2,(H,18,20)(H,22,23)(H4,15,16,17). The van der Waals surface area contributed by atoms with Crippen molar-refractivity contribution in [2.24, 2.45) is 22.2 Å². The summed E-state index contributed by atoms with van der Waals surface area (Å²) in [5, 5.41) is 11.7. The van der Waals surface area contributed by atoms with E-state index in [9.17, 15) is 19.5 Å². The van der Waals surface area contributed by atoms with Gasteiger partial charge in [-0.25, -0.2) is 4.79 Å². The van der Waals surface area contributed by atoms with Gasteiger partial charge in [-0.3, -0.25) is 14.6 Å². The van der Waals surface area contributed by atoms with Crippen LogP contribution in [0.25, 0.3) is 0 Å². The molecule has 1 aliphatic heterocycles. The van der Waals surface area contributed by atoms with Gasteiger partial charge in [0, 0.05) is 13.1 Å². The van der Waals surface area contributed by atoms with Gasteiger partial charge in [0.15, 0.2) is 5.96 Å². The molecule has 2 unspecified atom stereocenters. The van der Waals surface area contributed by atoms with E-state index in [1.807, 2.05) is 0 Å². The molecule has 130 valence electrons. The SMILES string of the molecule is NCC(=O)NC(CCCN=C(N)N)C(=O)N1CCCC1C(=O)O. The van der Waals surface area contributed by atoms with E-state index < -0.39 is 29.9 Å². The van der Waals surface area contributed by atoms with E-state index in [1.54, 1.807) is 0 Å². The maximum atomic E-state index is 12.6. The average Bonchev–Trinajstić information content (AvgIpc) is 2.98. The van der Waals surface area contributed by atoms with Gasteiger partial charge in [0.25, 0.3) is 0 Å². The fraction of sp³-hybridized carbons (Fsp3) is 0.692. The highest BCUT2D eigenvalue weighted by Crippen LogP contribution is 2.19. The zero-order valence-electron chi connectivity index (χ0n) is 12.9. The third-order valence-electron chi connectivity index (χ3n) is 3.58. The molecule has 0 radical (unpaired) electrons. The summed E-state index contributed by atoms with van der Waals surface area (Å²) in [5.41, 5.74) is 15.7. The van der Waals surface area contributed by atoms with Crippen molar-refractivity contribution in [1.29, 1.82) is 0 Å². The van der Waals surface area contributed by atoms with Gasteiger partial charge in [0.1, 0.15) is 12.1 Å². The van der Waals surface area contributed by atoms with E-state index >= 15 is 0 Å². The average molecular weight is 328 g/mol. The molecular formula is C13H24N6O4. The number of amides is 2. The third kappa shape index (κ3) is 5.74. The minimum absolute atomic E-state index is 0.0515. The van der Waals surface area contributed by atoms with Crippen LogP contribution >= 0.6 is 0 Å². The number of carbonyl (C=O) groups excluding carboxylic acids is 2. The molecule has 0 aromatic rings. The number of guanidine groups is 1. The van der Waals surface area contributed by atoms with Crippen LogP contribution in [-0.2, 0) is 14.4 Å². The van der Waals surface area contributed by atoms with Crippen molar-refractivity contribution in [2.45, 2.75) is 37.8 Å². The van der Waals surface area contributed by atoms with Crippen LogP contribution < -0.4 is 22.5 Å². The van der Waals surface area contributed by atoms with Crippen molar-refractivity contribution in [2.75, 3.05) is 19.6 Å². The monoisotopic (exact) mass is 328 g/mol. The lowest BCUT2D eigenvalue weighted by molar-refractivity contribution is -0.149. The minimum atomic E-state index is -1.04. The molecule has 0 aromatic carbocycles. The maximum Gasteiger partial charge on any atom is 0.326 e. The van der Waals surface area contributed by atoms with E-state index in [1.165, 1.54) is 4.90 Å². The quantitative estimate of drug-likeness (QED) is 0.186. The Bertz CT molecular complexity index is 477. The zero-order valence-corrected chi connectivity index (χ0v) is 12.9. The fourth-order valence-electron chi connectivity index (χ4n) is 2.50. The first kappa shape index (κ1) is 18.7. The van der Waals surface area contributed by atoms with Crippen LogP contribution in [0.2, 0.25) is 0 Å². The van der Waals surface area contributed by atoms with Crippen LogP contribution in [0.4, 0.5) is 0 Å². The van der Waals surface area contributed by atoms with Gasteiger partial charge in [-0.2, -0.15) is 0 Å². The van der Waals surface area contributed by atoms with E-state index in [0.29, 0.717) is 38.8 Å². The third-order valence-corrected chi connectivity index (χ3v) is 3.58. The highest BCUT2D eigenvalue weighted by atomic mass is 16.4. The number of likely N-dealkylation sites (tertiary alicyclic amines) is 1. The lowest BCUT2D eigenvalue weighted by Crippen LogP contribution is -2.52. The van der Waals surface area contributed by atoms with Crippen molar-refractivity contribution in [1.82, 2.24) is 10.2 Å². The number of carboxylic acids is 1. The Morgan fingerprint density at radius 2 is 2.04 bits per heavy atom. The molecule has 2 amide bonds. The first-order valence-electron chi connectivity index (χ1n) is 7.45. The normalized spacial score (nSPS) is 18.3. The number of carbonyl (C=O) groups is 3. The molecule has 8 N–H and O–H groups in total. The van der Waals surface area contributed by atoms with Crippen LogP contribution in [-0.4, -0.2) is 65.5 Å². The molecule has 0 spiro atoms. The highest BCUT2D eigenvalue weighted by Gasteiger charge is 2.37. The summed E-state index contributed by atoms with van der Waals surface area (Å²) < 4.78 is 0. The van der Waals surface area contributed by atoms with Crippen molar-refractivity contribution in [3.8, 4) is 0 Å². The van der Waals surface area contributed by atoms with E-state index in [-0.39, 0.29) is 12.5 Å². The summed E-state index contributed by atoms with van der Waals surface area (Å²) in [6.45, 7) is 0.422. The van der Waals surface area contributed by atoms with Gasteiger partial charge in [0.05, 0.1) is 6.54 Å². The Balaban J connectivity index is 2.73. The van der Waals surface area contributed by atoms with Gasteiger partial charge in [-0.15, -0.1) is 0 Å². The first-order chi connectivity index (χ1) is 10.9. The molecule has 10 heteroatoms. The summed E-state index contributed by atoms with van der Waals surface area (Å²) >= 11 is 0. The predicted molar refractivity (Wildman–Crippen MR) is 83.3 cm³/mol. The molecule has 2 atom stereocenters. The van der Waals surface area contributed by atoms with E-state index in [4.69, 9.17) is 17.2 Å². The van der Waals surface area contributed by atoms with Crippen molar-refractivity contribution in [3.05, 3.63) is 0 Å². The van der Waals surface area contributed by atoms with Gasteiger partial charge in [-0.1, -0.05) is 0 Å². The number of aliphatic imine (C=N–C) groups is 1. The molecule has 1 heterocycles. The van der Waals surface area contributed by atoms with Gasteiger partial charge in [0.2, 0.25) is 11.8 Å². The topological polar surface area (TPSA) is 177 Å². The Kier molecular flexibility index (Phi) is 7.26. The summed E-state index contributed by atoms with van der Waals surface area (Å²) in [5.74, 6) is -1.98. The number of rotatable bonds is 8. The number of hydrogen-bond acceptors (Lipinski definition) is 5. The number of nitrogens with two attached hydrogens (primary N) is 3. The zero-order chi connectivity index (χ0) is 17.4. The number of carboxylic acid groups (broad SMARTS) is 1. The molecule has 0 saturated carbocycles. The number of nitrogens with one attached hydrogen (secondary N) is 1. The molecule has 0 aromatic heterocycles. The Labute approximate surface area is 134 Å². The van der Waals surface area contributed by atoms with E-state index in [2.05, 4.69) is 10.3 Å². The van der Waals surface area contributed by atoms with Crippen molar-refractivity contribution < 1.29 is 19.5 Å². The van der Waals surface area contributed by atoms with Crippen LogP contribution in [0.3, 0.4) is 0 Å². The molecule has 1 rings (SSSR count). The van der Waals surface area contributed by atoms with Gasteiger partial charge < -0.3 is 32.5 Å². The summed E-state index contributed by atoms with van der Waals surface area (Å²) in [6.07, 6.45) is 1.79. The Hall–Kier alpha value is -2.36. The molecule has 1 aliphatic rings. The van der Waals surface area contributed by atoms with Crippen LogP contribution in [0.1, 0.15) is 25.7 Å². The van der Waals surface area contributed by atoms with Crippen LogP contribution in [0.5, 0.6) is 0 Å². The number of hydrogen-bond donors (Lipinski definition) is 5.